The number of alkyl halides is 3. The van der Waals surface area contributed by atoms with E-state index in [2.05, 4.69) is 15.9 Å². The van der Waals surface area contributed by atoms with E-state index in [0.717, 1.165) is 6.08 Å². The average molecular weight is 323 g/mol. The van der Waals surface area contributed by atoms with Gasteiger partial charge in [0.25, 0.3) is 0 Å². The van der Waals surface area contributed by atoms with Crippen LogP contribution in [0.4, 0.5) is 13.2 Å². The second-order valence-corrected chi connectivity index (χ2v) is 4.46. The largest absolute Gasteiger partial charge is 0.478 e. The number of carboxylic acids is 1. The van der Waals surface area contributed by atoms with Crippen molar-refractivity contribution >= 4 is 28.0 Å². The molecule has 96 valence electrons. The molecule has 0 aliphatic carbocycles. The molecule has 1 aromatic carbocycles. The molecule has 0 saturated carbocycles. The van der Waals surface area contributed by atoms with Crippen molar-refractivity contribution in [3.05, 3.63) is 33.8 Å². The predicted molar refractivity (Wildman–Crippen MR) is 60.2 cm³/mol. The third kappa shape index (κ3) is 2.22. The molecule has 0 unspecified atom stereocenters. The zero-order valence-corrected chi connectivity index (χ0v) is 10.2. The molecule has 1 aliphatic rings. The van der Waals surface area contributed by atoms with Crippen molar-refractivity contribution < 1.29 is 27.8 Å². The average Bonchev–Trinajstić information content (AvgIpc) is 2.26. The van der Waals surface area contributed by atoms with Crippen molar-refractivity contribution in [3.63, 3.8) is 0 Å². The normalized spacial score (nSPS) is 18.7. The van der Waals surface area contributed by atoms with Crippen LogP contribution < -0.4 is 4.74 Å². The van der Waals surface area contributed by atoms with Crippen LogP contribution in [0.5, 0.6) is 5.75 Å². The summed E-state index contributed by atoms with van der Waals surface area (Å²) >= 11 is 3.06. The Bertz CT molecular complexity index is 537. The van der Waals surface area contributed by atoms with Crippen LogP contribution in [0.25, 0.3) is 6.08 Å². The standard InChI is InChI=1S/C11H6BrF3O3/c12-7-3-1-2-5-4-6(10(16)17)9(11(13,14)15)18-8(5)7/h1-4,9H,(H,16,17)/t9-/m1/s1. The molecule has 0 bridgehead atoms. The van der Waals surface area contributed by atoms with Crippen LogP contribution in [-0.2, 0) is 4.79 Å². The number of halogens is 4. The zero-order valence-electron chi connectivity index (χ0n) is 8.66. The summed E-state index contributed by atoms with van der Waals surface area (Å²) < 4.78 is 43.3. The highest BCUT2D eigenvalue weighted by Crippen LogP contribution is 2.40. The van der Waals surface area contributed by atoms with Crippen LogP contribution in [0, 0.1) is 0 Å². The molecule has 1 aromatic rings. The molecule has 18 heavy (non-hydrogen) atoms. The Morgan fingerprint density at radius 3 is 2.61 bits per heavy atom. The topological polar surface area (TPSA) is 46.5 Å². The molecule has 1 atom stereocenters. The number of fused-ring (bicyclic) bond motifs is 1. The lowest BCUT2D eigenvalue weighted by Crippen LogP contribution is -2.40. The zero-order chi connectivity index (χ0) is 13.5. The van der Waals surface area contributed by atoms with Gasteiger partial charge in [0, 0.05) is 5.56 Å². The number of carboxylic acid groups (broad SMARTS) is 1. The molecule has 0 amide bonds. The molecule has 7 heteroatoms. The van der Waals surface area contributed by atoms with Crippen molar-refractivity contribution in [1.82, 2.24) is 0 Å². The Balaban J connectivity index is 2.57. The summed E-state index contributed by atoms with van der Waals surface area (Å²) in [5.41, 5.74) is -0.532. The van der Waals surface area contributed by atoms with Crippen LogP contribution >= 0.6 is 15.9 Å². The number of benzene rings is 1. The van der Waals surface area contributed by atoms with E-state index >= 15 is 0 Å². The summed E-state index contributed by atoms with van der Waals surface area (Å²) in [4.78, 5) is 10.8. The predicted octanol–water partition coefficient (Wildman–Crippen LogP) is 3.24. The Kier molecular flexibility index (Phi) is 3.10. The first-order chi connectivity index (χ1) is 8.30. The Morgan fingerprint density at radius 1 is 1.39 bits per heavy atom. The number of carbonyl (C=O) groups is 1. The first kappa shape index (κ1) is 12.9. The maximum Gasteiger partial charge on any atom is 0.430 e. The Morgan fingerprint density at radius 2 is 2.06 bits per heavy atom. The van der Waals surface area contributed by atoms with Gasteiger partial charge in [-0.2, -0.15) is 13.2 Å². The molecular formula is C11H6BrF3O3. The van der Waals surface area contributed by atoms with Crippen molar-refractivity contribution in [2.75, 3.05) is 0 Å². The minimum absolute atomic E-state index is 0.00942. The summed E-state index contributed by atoms with van der Waals surface area (Å²) in [6, 6.07) is 4.58. The van der Waals surface area contributed by atoms with Gasteiger partial charge in [0.05, 0.1) is 10.0 Å². The van der Waals surface area contributed by atoms with Crippen molar-refractivity contribution in [2.24, 2.45) is 0 Å². The van der Waals surface area contributed by atoms with Crippen LogP contribution in [0.1, 0.15) is 5.56 Å². The highest BCUT2D eigenvalue weighted by molar-refractivity contribution is 9.10. The van der Waals surface area contributed by atoms with E-state index in [0.29, 0.717) is 10.0 Å². The van der Waals surface area contributed by atoms with Gasteiger partial charge in [0.2, 0.25) is 6.10 Å². The van der Waals surface area contributed by atoms with Crippen molar-refractivity contribution in [3.8, 4) is 5.75 Å². The lowest BCUT2D eigenvalue weighted by atomic mass is 10.0. The molecule has 0 radical (unpaired) electrons. The number of aliphatic carboxylic acids is 1. The highest BCUT2D eigenvalue weighted by atomic mass is 79.9. The monoisotopic (exact) mass is 322 g/mol. The van der Waals surface area contributed by atoms with Gasteiger partial charge in [-0.05, 0) is 28.1 Å². The highest BCUT2D eigenvalue weighted by Gasteiger charge is 2.48. The summed E-state index contributed by atoms with van der Waals surface area (Å²) in [6.07, 6.45) is -6.26. The second-order valence-electron chi connectivity index (χ2n) is 3.60. The smallest absolute Gasteiger partial charge is 0.430 e. The third-order valence-corrected chi connectivity index (χ3v) is 3.00. The van der Waals surface area contributed by atoms with Gasteiger partial charge in [-0.3, -0.25) is 0 Å². The summed E-state index contributed by atoms with van der Waals surface area (Å²) in [6.45, 7) is 0. The quantitative estimate of drug-likeness (QED) is 0.863. The van der Waals surface area contributed by atoms with Crippen LogP contribution in [0.2, 0.25) is 0 Å². The molecule has 0 spiro atoms. The summed E-state index contributed by atoms with van der Waals surface area (Å²) in [5.74, 6) is -1.66. The molecule has 1 heterocycles. The van der Waals surface area contributed by atoms with Crippen LogP contribution in [-0.4, -0.2) is 23.4 Å². The number of rotatable bonds is 1. The third-order valence-electron chi connectivity index (χ3n) is 2.37. The molecule has 0 aromatic heterocycles. The number of para-hydroxylation sites is 1. The first-order valence-electron chi connectivity index (χ1n) is 4.77. The maximum atomic E-state index is 12.7. The molecule has 0 fully saturated rings. The fourth-order valence-electron chi connectivity index (χ4n) is 1.61. The van der Waals surface area contributed by atoms with Gasteiger partial charge >= 0.3 is 12.1 Å². The van der Waals surface area contributed by atoms with E-state index in [9.17, 15) is 18.0 Å². The Labute approximate surface area is 108 Å². The molecule has 3 nitrogen and oxygen atoms in total. The fourth-order valence-corrected chi connectivity index (χ4v) is 2.08. The lowest BCUT2D eigenvalue weighted by Gasteiger charge is -2.27. The van der Waals surface area contributed by atoms with Crippen molar-refractivity contribution in [1.29, 1.82) is 0 Å². The number of ether oxygens (including phenoxy) is 1. The fraction of sp³-hybridized carbons (Fsp3) is 0.182. The minimum Gasteiger partial charge on any atom is -0.478 e. The SMILES string of the molecule is O=C(O)C1=Cc2cccc(Br)c2O[C@H]1C(F)(F)F. The maximum absolute atomic E-state index is 12.7. The lowest BCUT2D eigenvalue weighted by molar-refractivity contribution is -0.187. The second kappa shape index (κ2) is 4.31. The van der Waals surface area contributed by atoms with E-state index in [4.69, 9.17) is 9.84 Å². The summed E-state index contributed by atoms with van der Waals surface area (Å²) in [7, 11) is 0. The molecule has 0 saturated heterocycles. The molecule has 2 rings (SSSR count). The Hall–Kier alpha value is -1.50. The van der Waals surface area contributed by atoms with Gasteiger partial charge in [-0.15, -0.1) is 0 Å². The molecule has 1 aliphatic heterocycles. The van der Waals surface area contributed by atoms with E-state index in [1.165, 1.54) is 12.1 Å². The van der Waals surface area contributed by atoms with Crippen molar-refractivity contribution in [2.45, 2.75) is 12.3 Å². The number of hydrogen-bond acceptors (Lipinski definition) is 2. The minimum atomic E-state index is -4.78. The van der Waals surface area contributed by atoms with E-state index in [1.807, 2.05) is 0 Å². The van der Waals surface area contributed by atoms with Gasteiger partial charge < -0.3 is 9.84 Å². The van der Waals surface area contributed by atoms with Gasteiger partial charge in [-0.1, -0.05) is 12.1 Å². The van der Waals surface area contributed by atoms with E-state index in [-0.39, 0.29) is 5.75 Å². The van der Waals surface area contributed by atoms with Gasteiger partial charge in [-0.25, -0.2) is 4.79 Å². The van der Waals surface area contributed by atoms with E-state index < -0.39 is 23.8 Å². The first-order valence-corrected chi connectivity index (χ1v) is 5.57. The van der Waals surface area contributed by atoms with Crippen LogP contribution in [0.15, 0.2) is 28.2 Å². The molecule has 1 N–H and O–H groups in total. The van der Waals surface area contributed by atoms with Gasteiger partial charge in [0.1, 0.15) is 5.75 Å². The van der Waals surface area contributed by atoms with Gasteiger partial charge in [0.15, 0.2) is 0 Å². The van der Waals surface area contributed by atoms with Crippen LogP contribution in [0.3, 0.4) is 0 Å². The van der Waals surface area contributed by atoms with E-state index in [1.54, 1.807) is 6.07 Å². The number of hydrogen-bond donors (Lipinski definition) is 1. The molecular weight excluding hydrogens is 317 g/mol. The summed E-state index contributed by atoms with van der Waals surface area (Å²) in [5, 5.41) is 8.81.